The molecule has 0 N–H and O–H groups in total. The van der Waals surface area contributed by atoms with Gasteiger partial charge in [0.25, 0.3) is 0 Å². The normalized spacial score (nSPS) is 21.4. The smallest absolute Gasteiger partial charge is 0.416 e. The van der Waals surface area contributed by atoms with Gasteiger partial charge in [0, 0.05) is 17.4 Å². The van der Waals surface area contributed by atoms with Crippen molar-refractivity contribution < 1.29 is 53.8 Å². The number of benzene rings is 2. The molecule has 1 saturated carbocycles. The van der Waals surface area contributed by atoms with Gasteiger partial charge in [-0.25, -0.2) is 4.79 Å². The molecular weight excluding hydrogens is 663 g/mol. The molecule has 0 unspecified atom stereocenters. The molecule has 1 heterocycles. The van der Waals surface area contributed by atoms with E-state index in [0.29, 0.717) is 21.9 Å². The minimum absolute atomic E-state index is 0.00813. The van der Waals surface area contributed by atoms with Gasteiger partial charge < -0.3 is 4.74 Å². The second-order valence-corrected chi connectivity index (χ2v) is 10.9. The maximum Gasteiger partial charge on any atom is 0.416 e. The van der Waals surface area contributed by atoms with E-state index in [2.05, 4.69) is 15.9 Å². The highest BCUT2D eigenvalue weighted by Crippen LogP contribution is 2.61. The number of halogens is 11. The average molecular weight is 682 g/mol. The van der Waals surface area contributed by atoms with Crippen LogP contribution in [0.1, 0.15) is 47.6 Å². The first-order valence-electron chi connectivity index (χ1n) is 11.8. The van der Waals surface area contributed by atoms with Crippen molar-refractivity contribution in [3.05, 3.63) is 63.1 Å². The summed E-state index contributed by atoms with van der Waals surface area (Å²) >= 11 is 8.87. The molecular formula is C25H19BrClF9N2O3. The third kappa shape index (κ3) is 5.71. The Kier molecular flexibility index (Phi) is 8.04. The maximum atomic E-state index is 15.0. The Balaban J connectivity index is 1.95. The van der Waals surface area contributed by atoms with Gasteiger partial charge in [0.05, 0.1) is 30.0 Å². The minimum atomic E-state index is -5.20. The number of anilines is 1. The molecule has 0 saturated heterocycles. The number of hydrogen-bond acceptors (Lipinski definition) is 3. The second kappa shape index (κ2) is 10.5. The number of carbonyl (C=O) groups is 2. The lowest BCUT2D eigenvalue weighted by Crippen LogP contribution is -2.65. The van der Waals surface area contributed by atoms with Crippen molar-refractivity contribution in [2.45, 2.75) is 55.9 Å². The van der Waals surface area contributed by atoms with Gasteiger partial charge >= 0.3 is 30.0 Å². The summed E-state index contributed by atoms with van der Waals surface area (Å²) in [5, 5.41) is -1.46. The zero-order valence-corrected chi connectivity index (χ0v) is 23.1. The summed E-state index contributed by atoms with van der Waals surface area (Å²) in [5.74, 6) is -1.14. The Bertz CT molecular complexity index is 1330. The number of carbonyl (C=O) groups excluding carboxylic acids is 2. The number of ether oxygens (including phenoxy) is 1. The predicted octanol–water partition coefficient (Wildman–Crippen LogP) is 9.08. The first-order valence-corrected chi connectivity index (χ1v) is 13.0. The van der Waals surface area contributed by atoms with E-state index in [1.165, 1.54) is 18.2 Å². The molecule has 5 nitrogen and oxygen atoms in total. The predicted molar refractivity (Wildman–Crippen MR) is 131 cm³/mol. The first-order chi connectivity index (χ1) is 18.8. The number of para-hydroxylation sites is 1. The van der Waals surface area contributed by atoms with Crippen molar-refractivity contribution >= 4 is 44.7 Å². The van der Waals surface area contributed by atoms with Crippen LogP contribution in [0.2, 0.25) is 0 Å². The van der Waals surface area contributed by atoms with E-state index in [0.717, 1.165) is 7.11 Å². The van der Waals surface area contributed by atoms with Crippen molar-refractivity contribution in [3.63, 3.8) is 0 Å². The molecule has 41 heavy (non-hydrogen) atoms. The van der Waals surface area contributed by atoms with Gasteiger partial charge in [-0.1, -0.05) is 12.1 Å². The lowest BCUT2D eigenvalue weighted by molar-refractivity contribution is -0.198. The number of alkyl halides is 9. The summed E-state index contributed by atoms with van der Waals surface area (Å²) in [4.78, 5) is 26.6. The van der Waals surface area contributed by atoms with Crippen LogP contribution >= 0.6 is 27.5 Å². The molecule has 0 bridgehead atoms. The van der Waals surface area contributed by atoms with Crippen LogP contribution in [-0.2, 0) is 23.6 Å². The third-order valence-corrected chi connectivity index (χ3v) is 8.02. The van der Waals surface area contributed by atoms with Crippen molar-refractivity contribution in [3.8, 4) is 0 Å². The van der Waals surface area contributed by atoms with Crippen molar-refractivity contribution in [1.82, 2.24) is 4.90 Å². The molecule has 2 aliphatic rings. The second-order valence-electron chi connectivity index (χ2n) is 9.69. The van der Waals surface area contributed by atoms with E-state index in [1.807, 2.05) is 0 Å². The monoisotopic (exact) mass is 680 g/mol. The van der Waals surface area contributed by atoms with Crippen LogP contribution in [0.4, 0.5) is 54.8 Å². The Hall–Kier alpha value is -2.68. The molecule has 1 fully saturated rings. The molecule has 2 aromatic rings. The van der Waals surface area contributed by atoms with Gasteiger partial charge in [0.15, 0.2) is 0 Å². The number of fused-ring (bicyclic) bond motifs is 1. The van der Waals surface area contributed by atoms with E-state index in [1.54, 1.807) is 0 Å². The highest BCUT2D eigenvalue weighted by atomic mass is 79.9. The highest BCUT2D eigenvalue weighted by Gasteiger charge is 2.70. The third-order valence-electron chi connectivity index (χ3n) is 7.21. The lowest BCUT2D eigenvalue weighted by Gasteiger charge is -2.52. The zero-order chi connectivity index (χ0) is 30.7. The molecule has 0 radical (unpaired) electrons. The molecule has 224 valence electrons. The van der Waals surface area contributed by atoms with Crippen molar-refractivity contribution in [1.29, 1.82) is 0 Å². The molecule has 2 atom stereocenters. The first kappa shape index (κ1) is 31.3. The molecule has 2 aromatic carbocycles. The van der Waals surface area contributed by atoms with Gasteiger partial charge in [0.2, 0.25) is 0 Å². The van der Waals surface area contributed by atoms with Gasteiger partial charge in [-0.2, -0.15) is 39.5 Å². The van der Waals surface area contributed by atoms with Crippen LogP contribution in [0.25, 0.3) is 0 Å². The van der Waals surface area contributed by atoms with E-state index >= 15 is 0 Å². The molecule has 2 amide bonds. The Morgan fingerprint density at radius 3 is 2.02 bits per heavy atom. The largest absolute Gasteiger partial charge is 0.453 e. The Morgan fingerprint density at radius 1 is 1.02 bits per heavy atom. The summed E-state index contributed by atoms with van der Waals surface area (Å²) in [7, 11) is 0.861. The number of amides is 2. The SMILES string of the molecule is COC(=O)N(Cc1cc(C(F)(F)F)cc(C(F)(F)F)c1)[C@H]1C[C@@](C2CC2)(C(F)(F)F)N(C(=O)Cl)c2c(Br)cccc21. The molecule has 4 rings (SSSR count). The summed E-state index contributed by atoms with van der Waals surface area (Å²) in [6.07, 6.45) is -17.7. The fourth-order valence-corrected chi connectivity index (χ4v) is 6.16. The quantitative estimate of drug-likeness (QED) is 0.184. The zero-order valence-electron chi connectivity index (χ0n) is 20.7. The van der Waals surface area contributed by atoms with Crippen LogP contribution in [0.15, 0.2) is 40.9 Å². The van der Waals surface area contributed by atoms with Crippen molar-refractivity contribution in [2.75, 3.05) is 12.0 Å². The van der Waals surface area contributed by atoms with Crippen LogP contribution in [0.3, 0.4) is 0 Å². The number of methoxy groups -OCH3 is 1. The summed E-state index contributed by atoms with van der Waals surface area (Å²) in [6, 6.07) is 3.04. The molecule has 16 heteroatoms. The summed E-state index contributed by atoms with van der Waals surface area (Å²) in [6.45, 7) is -0.982. The number of rotatable bonds is 4. The topological polar surface area (TPSA) is 49.9 Å². The Morgan fingerprint density at radius 2 is 1.59 bits per heavy atom. The van der Waals surface area contributed by atoms with E-state index < -0.39 is 77.1 Å². The fraction of sp³-hybridized carbons (Fsp3) is 0.440. The molecule has 0 aromatic heterocycles. The summed E-state index contributed by atoms with van der Waals surface area (Å²) < 4.78 is 131. The maximum absolute atomic E-state index is 15.0. The minimum Gasteiger partial charge on any atom is -0.453 e. The molecule has 1 aliphatic heterocycles. The van der Waals surface area contributed by atoms with E-state index in [4.69, 9.17) is 16.3 Å². The Labute approximate surface area is 240 Å². The number of hydrogen-bond donors (Lipinski definition) is 0. The number of nitrogens with zero attached hydrogens (tertiary/aromatic N) is 2. The lowest BCUT2D eigenvalue weighted by atomic mass is 9.76. The van der Waals surface area contributed by atoms with Crippen LogP contribution in [0, 0.1) is 5.92 Å². The van der Waals surface area contributed by atoms with Crippen LogP contribution in [0.5, 0.6) is 0 Å². The van der Waals surface area contributed by atoms with Gasteiger partial charge in [-0.3, -0.25) is 14.6 Å². The van der Waals surface area contributed by atoms with Crippen LogP contribution < -0.4 is 4.90 Å². The van der Waals surface area contributed by atoms with Gasteiger partial charge in [-0.15, -0.1) is 0 Å². The van der Waals surface area contributed by atoms with Crippen LogP contribution in [-0.4, -0.2) is 35.2 Å². The fourth-order valence-electron chi connectivity index (χ4n) is 5.37. The van der Waals surface area contributed by atoms with E-state index in [-0.39, 0.29) is 34.6 Å². The van der Waals surface area contributed by atoms with Gasteiger partial charge in [-0.05, 0) is 81.7 Å². The van der Waals surface area contributed by atoms with Gasteiger partial charge in [0.1, 0.15) is 5.54 Å². The molecule has 1 aliphatic carbocycles. The average Bonchev–Trinajstić information content (AvgIpc) is 3.70. The standard InChI is InChI=1S/C25H19BrClF9N2O3/c1-41-21(40)37(11-12-7-14(23(28,29)30)9-15(8-12)24(31,32)33)18-10-22(13-5-6-13,25(34,35)36)38(20(27)39)19-16(18)3-2-4-17(19)26/h2-4,7-9,13,18H,5-6,10-11H2,1H3/t18-,22+/m0/s1. The van der Waals surface area contributed by atoms with E-state index in [9.17, 15) is 49.1 Å². The highest BCUT2D eigenvalue weighted by molar-refractivity contribution is 9.10. The summed E-state index contributed by atoms with van der Waals surface area (Å²) in [5.41, 5.74) is -7.32. The molecule has 0 spiro atoms. The van der Waals surface area contributed by atoms with Crippen molar-refractivity contribution in [2.24, 2.45) is 5.92 Å².